The molecule has 2 atom stereocenters. The van der Waals surface area contributed by atoms with Gasteiger partial charge >= 0.3 is 12.3 Å². The summed E-state index contributed by atoms with van der Waals surface area (Å²) in [5.41, 5.74) is 0.504. The maximum atomic E-state index is 12.4. The Labute approximate surface area is 118 Å². The highest BCUT2D eigenvalue weighted by Gasteiger charge is 2.49. The van der Waals surface area contributed by atoms with E-state index in [1.54, 1.807) is 6.07 Å². The quantitative estimate of drug-likeness (QED) is 0.887. The molecule has 1 aromatic carbocycles. The van der Waals surface area contributed by atoms with Crippen LogP contribution in [0.15, 0.2) is 28.3 Å². The van der Waals surface area contributed by atoms with E-state index in [2.05, 4.69) is 20.7 Å². The molecule has 2 heterocycles. The Morgan fingerprint density at radius 2 is 2.05 bits per heavy atom. The van der Waals surface area contributed by atoms with Crippen molar-refractivity contribution in [1.82, 2.24) is 0 Å². The Kier molecular flexibility index (Phi) is 2.84. The number of hydrogen-bond donors (Lipinski definition) is 1. The molecule has 2 aliphatic heterocycles. The zero-order valence-electron chi connectivity index (χ0n) is 9.57. The van der Waals surface area contributed by atoms with Crippen LogP contribution >= 0.6 is 15.9 Å². The van der Waals surface area contributed by atoms with E-state index >= 15 is 0 Å². The van der Waals surface area contributed by atoms with E-state index < -0.39 is 30.3 Å². The molecule has 3 rings (SSSR count). The van der Waals surface area contributed by atoms with Crippen molar-refractivity contribution in [1.29, 1.82) is 0 Å². The summed E-state index contributed by atoms with van der Waals surface area (Å²) in [4.78, 5) is 11.2. The Morgan fingerprint density at radius 1 is 1.35 bits per heavy atom. The zero-order chi connectivity index (χ0) is 14.7. The van der Waals surface area contributed by atoms with Crippen molar-refractivity contribution in [2.75, 3.05) is 0 Å². The second-order valence-corrected chi connectivity index (χ2v) is 5.12. The molecule has 0 amide bonds. The molecule has 20 heavy (non-hydrogen) atoms. The van der Waals surface area contributed by atoms with Crippen molar-refractivity contribution in [3.05, 3.63) is 39.4 Å². The number of alkyl halides is 3. The van der Waals surface area contributed by atoms with E-state index in [0.717, 1.165) is 6.07 Å². The fourth-order valence-corrected chi connectivity index (χ4v) is 3.18. The zero-order valence-corrected chi connectivity index (χ0v) is 11.2. The van der Waals surface area contributed by atoms with Gasteiger partial charge in [0.15, 0.2) is 0 Å². The summed E-state index contributed by atoms with van der Waals surface area (Å²) in [6.07, 6.45) is -6.60. The van der Waals surface area contributed by atoms with E-state index in [0.29, 0.717) is 10.0 Å². The van der Waals surface area contributed by atoms with Crippen LogP contribution in [-0.2, 0) is 9.53 Å². The van der Waals surface area contributed by atoms with Gasteiger partial charge in [0, 0.05) is 10.0 Å². The van der Waals surface area contributed by atoms with Gasteiger partial charge in [0.1, 0.15) is 18.0 Å². The monoisotopic (exact) mass is 350 g/mol. The lowest BCUT2D eigenvalue weighted by Gasteiger charge is -2.18. The molecule has 0 aliphatic carbocycles. The lowest BCUT2D eigenvalue weighted by atomic mass is 9.91. The van der Waals surface area contributed by atoms with E-state index in [1.165, 1.54) is 6.07 Å². The van der Waals surface area contributed by atoms with Gasteiger partial charge in [-0.25, -0.2) is 4.79 Å². The minimum atomic E-state index is -4.85. The molecule has 0 spiro atoms. The van der Waals surface area contributed by atoms with Crippen LogP contribution in [0.25, 0.3) is 0 Å². The first-order chi connectivity index (χ1) is 9.29. The van der Waals surface area contributed by atoms with Crippen LogP contribution in [0, 0.1) is 0 Å². The molecular weight excluding hydrogens is 345 g/mol. The Morgan fingerprint density at radius 3 is 2.65 bits per heavy atom. The fourth-order valence-electron chi connectivity index (χ4n) is 2.45. The van der Waals surface area contributed by atoms with Gasteiger partial charge in [-0.2, -0.15) is 0 Å². The lowest BCUT2D eigenvalue weighted by Crippen LogP contribution is -2.20. The summed E-state index contributed by atoms with van der Waals surface area (Å²) < 4.78 is 46.9. The summed E-state index contributed by atoms with van der Waals surface area (Å²) in [5, 5.41) is 9.12. The SMILES string of the molecule is O=C(O)C1=C(Br)C2OC1c1c(OC(F)(F)F)cccc12. The topological polar surface area (TPSA) is 55.8 Å². The average Bonchev–Trinajstić information content (AvgIpc) is 2.82. The van der Waals surface area contributed by atoms with Gasteiger partial charge in [-0.3, -0.25) is 0 Å². The molecule has 106 valence electrons. The van der Waals surface area contributed by atoms with Crippen molar-refractivity contribution < 1.29 is 32.5 Å². The Hall–Kier alpha value is -1.54. The van der Waals surface area contributed by atoms with E-state index in [1.807, 2.05) is 0 Å². The van der Waals surface area contributed by atoms with E-state index in [4.69, 9.17) is 9.84 Å². The van der Waals surface area contributed by atoms with Crippen molar-refractivity contribution >= 4 is 21.9 Å². The van der Waals surface area contributed by atoms with Crippen LogP contribution in [0.3, 0.4) is 0 Å². The summed E-state index contributed by atoms with van der Waals surface area (Å²) >= 11 is 3.13. The Bertz CT molecular complexity index is 638. The number of aliphatic carboxylic acids is 1. The minimum absolute atomic E-state index is 0.0966. The number of rotatable bonds is 2. The molecule has 2 unspecified atom stereocenters. The Balaban J connectivity index is 2.10. The first-order valence-corrected chi connectivity index (χ1v) is 6.26. The smallest absolute Gasteiger partial charge is 0.478 e. The number of carboxylic acids is 1. The highest BCUT2D eigenvalue weighted by atomic mass is 79.9. The van der Waals surface area contributed by atoms with Gasteiger partial charge in [0.2, 0.25) is 0 Å². The number of benzene rings is 1. The molecule has 0 aromatic heterocycles. The molecule has 2 aliphatic rings. The van der Waals surface area contributed by atoms with Crippen molar-refractivity contribution in [2.24, 2.45) is 0 Å². The number of hydrogen-bond acceptors (Lipinski definition) is 3. The van der Waals surface area contributed by atoms with Crippen LogP contribution < -0.4 is 4.74 Å². The highest BCUT2D eigenvalue weighted by molar-refractivity contribution is 9.11. The molecular formula is C12H6BrF3O4. The second-order valence-electron chi connectivity index (χ2n) is 4.27. The fraction of sp³-hybridized carbons (Fsp3) is 0.250. The third kappa shape index (κ3) is 1.90. The number of fused-ring (bicyclic) bond motifs is 5. The summed E-state index contributed by atoms with van der Waals surface area (Å²) in [6.45, 7) is 0. The molecule has 2 bridgehead atoms. The standard InChI is InChI=1S/C12H6BrF3O4/c13-8-7(11(17)18)10-6-4(9(8)19-10)2-1-3-5(6)20-12(14,15)16/h1-3,9-10H,(H,17,18). The average molecular weight is 351 g/mol. The van der Waals surface area contributed by atoms with Gasteiger partial charge < -0.3 is 14.6 Å². The van der Waals surface area contributed by atoms with Crippen LogP contribution in [-0.4, -0.2) is 17.4 Å². The maximum absolute atomic E-state index is 12.4. The molecule has 8 heteroatoms. The van der Waals surface area contributed by atoms with Crippen LogP contribution in [0.4, 0.5) is 13.2 Å². The third-order valence-corrected chi connectivity index (χ3v) is 3.97. The van der Waals surface area contributed by atoms with Crippen molar-refractivity contribution in [2.45, 2.75) is 18.6 Å². The molecule has 0 fully saturated rings. The molecule has 0 saturated carbocycles. The molecule has 1 aromatic rings. The normalized spacial score (nSPS) is 24.0. The molecule has 0 radical (unpaired) electrons. The predicted molar refractivity (Wildman–Crippen MR) is 63.3 cm³/mol. The van der Waals surface area contributed by atoms with E-state index in [9.17, 15) is 18.0 Å². The van der Waals surface area contributed by atoms with Gasteiger partial charge in [0.05, 0.1) is 5.57 Å². The summed E-state index contributed by atoms with van der Waals surface area (Å²) in [6, 6.07) is 4.14. The van der Waals surface area contributed by atoms with Gasteiger partial charge in [-0.15, -0.1) is 13.2 Å². The molecule has 4 nitrogen and oxygen atoms in total. The first kappa shape index (κ1) is 13.4. The second kappa shape index (κ2) is 4.23. The number of halogens is 4. The van der Waals surface area contributed by atoms with E-state index in [-0.39, 0.29) is 11.1 Å². The molecule has 1 N–H and O–H groups in total. The van der Waals surface area contributed by atoms with Crippen molar-refractivity contribution in [3.63, 3.8) is 0 Å². The lowest BCUT2D eigenvalue weighted by molar-refractivity contribution is -0.275. The number of carbonyl (C=O) groups is 1. The van der Waals surface area contributed by atoms with Crippen LogP contribution in [0.1, 0.15) is 23.3 Å². The number of carboxylic acid groups (broad SMARTS) is 1. The predicted octanol–water partition coefficient (Wildman–Crippen LogP) is 3.44. The van der Waals surface area contributed by atoms with Gasteiger partial charge in [-0.05, 0) is 11.6 Å². The first-order valence-electron chi connectivity index (χ1n) is 5.46. The van der Waals surface area contributed by atoms with Crippen molar-refractivity contribution in [3.8, 4) is 5.75 Å². The number of ether oxygens (including phenoxy) is 2. The third-order valence-electron chi connectivity index (χ3n) is 3.12. The molecule has 0 saturated heterocycles. The minimum Gasteiger partial charge on any atom is -0.478 e. The highest BCUT2D eigenvalue weighted by Crippen LogP contribution is 2.58. The van der Waals surface area contributed by atoms with Gasteiger partial charge in [0.25, 0.3) is 0 Å². The van der Waals surface area contributed by atoms with Gasteiger partial charge in [-0.1, -0.05) is 28.1 Å². The maximum Gasteiger partial charge on any atom is 0.573 e. The summed E-state index contributed by atoms with van der Waals surface area (Å²) in [5.74, 6) is -1.67. The largest absolute Gasteiger partial charge is 0.573 e. The summed E-state index contributed by atoms with van der Waals surface area (Å²) in [7, 11) is 0. The van der Waals surface area contributed by atoms with Crippen LogP contribution in [0.2, 0.25) is 0 Å². The van der Waals surface area contributed by atoms with Crippen LogP contribution in [0.5, 0.6) is 5.75 Å².